The second-order valence-corrected chi connectivity index (χ2v) is 12.5. The van der Waals surface area contributed by atoms with Crippen LogP contribution in [0.5, 0.6) is 0 Å². The Labute approximate surface area is 272 Å². The number of halogens is 2. The third kappa shape index (κ3) is 6.20. The number of nitrogens with one attached hydrogen (secondary N) is 1. The van der Waals surface area contributed by atoms with Crippen LogP contribution in [0.1, 0.15) is 50.5 Å². The molecule has 0 saturated carbocycles. The Morgan fingerprint density at radius 3 is 2.24 bits per heavy atom. The Morgan fingerprint density at radius 2 is 1.60 bits per heavy atom. The number of hydrogen-bond acceptors (Lipinski definition) is 7. The summed E-state index contributed by atoms with van der Waals surface area (Å²) in [6.45, 7) is 10.1. The van der Waals surface area contributed by atoms with E-state index in [1.54, 1.807) is 36.4 Å². The van der Waals surface area contributed by atoms with E-state index >= 15 is 0 Å². The number of carboxylic acids is 1. The van der Waals surface area contributed by atoms with Gasteiger partial charge in [0.05, 0.1) is 52.2 Å². The number of amides is 2. The molecule has 45 heavy (non-hydrogen) atoms. The molecule has 3 heterocycles. The van der Waals surface area contributed by atoms with E-state index in [9.17, 15) is 19.5 Å². The number of carbonyl (C=O) groups is 3. The third-order valence-electron chi connectivity index (χ3n) is 8.73. The van der Waals surface area contributed by atoms with Gasteiger partial charge in [-0.1, -0.05) is 47.5 Å². The van der Waals surface area contributed by atoms with E-state index in [1.807, 2.05) is 17.0 Å². The maximum Gasteiger partial charge on any atom is 0.337 e. The number of ether oxygens (including phenoxy) is 1. The van der Waals surface area contributed by atoms with Gasteiger partial charge in [-0.25, -0.2) is 9.80 Å². The van der Waals surface area contributed by atoms with Crippen LogP contribution in [0.25, 0.3) is 11.1 Å². The topological polar surface area (TPSA) is 106 Å². The van der Waals surface area contributed by atoms with E-state index in [0.29, 0.717) is 60.3 Å². The molecule has 3 aromatic carbocycles. The van der Waals surface area contributed by atoms with E-state index in [4.69, 9.17) is 27.9 Å². The summed E-state index contributed by atoms with van der Waals surface area (Å²) in [4.78, 5) is 45.9. The van der Waals surface area contributed by atoms with Gasteiger partial charge in [-0.3, -0.25) is 19.9 Å². The van der Waals surface area contributed by atoms with Crippen LogP contribution in [0, 0.1) is 0 Å². The molecule has 2 saturated heterocycles. The van der Waals surface area contributed by atoms with Gasteiger partial charge in [0, 0.05) is 51.0 Å². The van der Waals surface area contributed by atoms with Crippen molar-refractivity contribution in [3.05, 3.63) is 80.8 Å². The molecule has 2 amide bonds. The standard InChI is InChI=1S/C33H35Cl2N5O5/c1-20(2)37-8-10-38(11-9-37)23-17-26(34)30(27(35)18-23)32(42)40-19-22-4-3-5-24(29(22)31(41)36-40)21-6-7-25(33(43)44)28(16-21)39-12-14-45-15-13-39/h3-7,16-18,20H,8-15,19H2,1-2H3,(H,36,41)(H,43,44). The summed E-state index contributed by atoms with van der Waals surface area (Å²) in [6, 6.07) is 14.5. The van der Waals surface area contributed by atoms with Crippen molar-refractivity contribution in [1.29, 1.82) is 0 Å². The molecule has 0 unspecified atom stereocenters. The maximum absolute atomic E-state index is 13.7. The molecule has 236 valence electrons. The molecular weight excluding hydrogens is 617 g/mol. The minimum absolute atomic E-state index is 0.100. The average molecular weight is 653 g/mol. The van der Waals surface area contributed by atoms with Crippen molar-refractivity contribution < 1.29 is 24.2 Å². The number of benzene rings is 3. The van der Waals surface area contributed by atoms with E-state index in [-0.39, 0.29) is 27.7 Å². The van der Waals surface area contributed by atoms with Crippen LogP contribution in [0.15, 0.2) is 48.5 Å². The number of aromatic carboxylic acids is 1. The predicted molar refractivity (Wildman–Crippen MR) is 175 cm³/mol. The highest BCUT2D eigenvalue weighted by atomic mass is 35.5. The quantitative estimate of drug-likeness (QED) is 0.383. The smallest absolute Gasteiger partial charge is 0.337 e. The van der Waals surface area contributed by atoms with Crippen LogP contribution >= 0.6 is 23.2 Å². The minimum atomic E-state index is -1.02. The molecule has 0 aliphatic carbocycles. The monoisotopic (exact) mass is 651 g/mol. The highest BCUT2D eigenvalue weighted by Crippen LogP contribution is 2.36. The zero-order valence-electron chi connectivity index (χ0n) is 25.2. The Hall–Kier alpha value is -3.83. The van der Waals surface area contributed by atoms with Gasteiger partial charge < -0.3 is 19.6 Å². The second kappa shape index (κ2) is 12.9. The maximum atomic E-state index is 13.7. The highest BCUT2D eigenvalue weighted by Gasteiger charge is 2.32. The summed E-state index contributed by atoms with van der Waals surface area (Å²) in [5.41, 5.74) is 6.87. The second-order valence-electron chi connectivity index (χ2n) is 11.7. The zero-order chi connectivity index (χ0) is 31.8. The van der Waals surface area contributed by atoms with Crippen molar-refractivity contribution in [2.75, 3.05) is 62.3 Å². The molecule has 2 fully saturated rings. The molecule has 3 aliphatic rings. The van der Waals surface area contributed by atoms with Gasteiger partial charge in [0.2, 0.25) is 0 Å². The number of rotatable bonds is 6. The molecule has 12 heteroatoms. The number of morpholine rings is 1. The van der Waals surface area contributed by atoms with Crippen molar-refractivity contribution in [3.63, 3.8) is 0 Å². The number of hydrazine groups is 1. The van der Waals surface area contributed by atoms with Crippen LogP contribution in [-0.2, 0) is 11.3 Å². The van der Waals surface area contributed by atoms with Crippen molar-refractivity contribution in [2.45, 2.75) is 26.4 Å². The van der Waals surface area contributed by atoms with Crippen molar-refractivity contribution in [3.8, 4) is 11.1 Å². The molecular formula is C33H35Cl2N5O5. The molecule has 6 rings (SSSR count). The van der Waals surface area contributed by atoms with Gasteiger partial charge in [0.25, 0.3) is 11.8 Å². The number of fused-ring (bicyclic) bond motifs is 1. The Morgan fingerprint density at radius 1 is 0.911 bits per heavy atom. The fourth-order valence-electron chi connectivity index (χ4n) is 6.28. The number of piperazine rings is 1. The molecule has 0 spiro atoms. The summed E-state index contributed by atoms with van der Waals surface area (Å²) in [5.74, 6) is -1.99. The molecule has 2 N–H and O–H groups in total. The first kappa shape index (κ1) is 31.2. The summed E-state index contributed by atoms with van der Waals surface area (Å²) in [6.07, 6.45) is 0. The predicted octanol–water partition coefficient (Wildman–Crippen LogP) is 5.03. The summed E-state index contributed by atoms with van der Waals surface area (Å²) in [7, 11) is 0. The van der Waals surface area contributed by atoms with E-state index in [2.05, 4.69) is 29.1 Å². The lowest BCUT2D eigenvalue weighted by molar-refractivity contribution is 0.0540. The van der Waals surface area contributed by atoms with Gasteiger partial charge in [-0.2, -0.15) is 0 Å². The van der Waals surface area contributed by atoms with E-state index in [0.717, 1.165) is 31.9 Å². The van der Waals surface area contributed by atoms with Gasteiger partial charge in [0.15, 0.2) is 0 Å². The summed E-state index contributed by atoms with van der Waals surface area (Å²) >= 11 is 13.3. The molecule has 0 bridgehead atoms. The number of hydrogen-bond donors (Lipinski definition) is 2. The van der Waals surface area contributed by atoms with Crippen molar-refractivity contribution in [2.24, 2.45) is 0 Å². The lowest BCUT2D eigenvalue weighted by Gasteiger charge is -2.38. The molecule has 3 aromatic rings. The van der Waals surface area contributed by atoms with Gasteiger partial charge in [0.1, 0.15) is 0 Å². The third-order valence-corrected chi connectivity index (χ3v) is 9.33. The number of anilines is 2. The lowest BCUT2D eigenvalue weighted by atomic mass is 9.92. The van der Waals surface area contributed by atoms with Crippen LogP contribution in [0.2, 0.25) is 10.0 Å². The molecule has 0 atom stereocenters. The number of carbonyl (C=O) groups excluding carboxylic acids is 2. The highest BCUT2D eigenvalue weighted by molar-refractivity contribution is 6.40. The minimum Gasteiger partial charge on any atom is -0.478 e. The van der Waals surface area contributed by atoms with Crippen LogP contribution in [0.4, 0.5) is 11.4 Å². The SMILES string of the molecule is CC(C)N1CCN(c2cc(Cl)c(C(=O)N3Cc4cccc(-c5ccc(C(=O)O)c(N6CCOCC6)c5)c4C(=O)N3)c(Cl)c2)CC1. The van der Waals surface area contributed by atoms with Crippen molar-refractivity contribution >= 4 is 52.4 Å². The first-order chi connectivity index (χ1) is 21.6. The Balaban J connectivity index is 1.26. The largest absolute Gasteiger partial charge is 0.478 e. The molecule has 0 aromatic heterocycles. The lowest BCUT2D eigenvalue weighted by Crippen LogP contribution is -2.50. The van der Waals surface area contributed by atoms with Crippen LogP contribution in [0.3, 0.4) is 0 Å². The normalized spacial score (nSPS) is 17.4. The van der Waals surface area contributed by atoms with Crippen LogP contribution < -0.4 is 15.2 Å². The summed E-state index contributed by atoms with van der Waals surface area (Å²) < 4.78 is 5.45. The van der Waals surface area contributed by atoms with Crippen LogP contribution in [-0.4, -0.2) is 91.3 Å². The first-order valence-electron chi connectivity index (χ1n) is 15.1. The Kier molecular flexibility index (Phi) is 8.92. The number of carboxylic acid groups (broad SMARTS) is 1. The molecule has 10 nitrogen and oxygen atoms in total. The fourth-order valence-corrected chi connectivity index (χ4v) is 6.91. The van der Waals surface area contributed by atoms with Crippen molar-refractivity contribution in [1.82, 2.24) is 15.3 Å². The van der Waals surface area contributed by atoms with E-state index < -0.39 is 17.8 Å². The Bertz CT molecular complexity index is 1630. The average Bonchev–Trinajstić information content (AvgIpc) is 3.04. The fraction of sp³-hybridized carbons (Fsp3) is 0.364. The van der Waals surface area contributed by atoms with E-state index in [1.165, 1.54) is 5.01 Å². The van der Waals surface area contributed by atoms with Gasteiger partial charge in [-0.15, -0.1) is 0 Å². The van der Waals surface area contributed by atoms with Gasteiger partial charge in [-0.05, 0) is 54.8 Å². The molecule has 0 radical (unpaired) electrons. The summed E-state index contributed by atoms with van der Waals surface area (Å²) in [5, 5.41) is 11.5. The number of nitrogens with zero attached hydrogens (tertiary/aromatic N) is 4. The molecule has 3 aliphatic heterocycles. The zero-order valence-corrected chi connectivity index (χ0v) is 26.7. The van der Waals surface area contributed by atoms with Gasteiger partial charge >= 0.3 is 5.97 Å². The first-order valence-corrected chi connectivity index (χ1v) is 15.8.